The molecule has 0 unspecified atom stereocenters. The van der Waals surface area contributed by atoms with Crippen LogP contribution in [0, 0.1) is 5.92 Å². The minimum Gasteiger partial charge on any atom is -0.375 e. The van der Waals surface area contributed by atoms with Gasteiger partial charge in [-0.15, -0.1) is 0 Å². The number of imidazole rings is 1. The lowest BCUT2D eigenvalue weighted by molar-refractivity contribution is 0.0486. The number of hydrogen-bond donors (Lipinski definition) is 0. The summed E-state index contributed by atoms with van der Waals surface area (Å²) in [6, 6.07) is 3.58. The molecule has 2 aromatic heterocycles. The van der Waals surface area contributed by atoms with E-state index in [4.69, 9.17) is 16.3 Å². The van der Waals surface area contributed by atoms with Gasteiger partial charge in [-0.1, -0.05) is 11.6 Å². The van der Waals surface area contributed by atoms with E-state index >= 15 is 0 Å². The lowest BCUT2D eigenvalue weighted by atomic mass is 10.1. The number of hydrogen-bond acceptors (Lipinski definition) is 4. The molecule has 0 bridgehead atoms. The molecule has 2 aromatic rings. The highest BCUT2D eigenvalue weighted by Crippen LogP contribution is 2.24. The fraction of sp³-hybridized carbons (Fsp3) is 0.500. The summed E-state index contributed by atoms with van der Waals surface area (Å²) in [4.78, 5) is 21.3. The van der Waals surface area contributed by atoms with Crippen molar-refractivity contribution < 1.29 is 9.53 Å². The molecule has 4 rings (SSSR count). The van der Waals surface area contributed by atoms with Crippen molar-refractivity contribution in [1.29, 1.82) is 0 Å². The molecular weight excluding hydrogens is 316 g/mol. The van der Waals surface area contributed by atoms with Gasteiger partial charge in [0.2, 0.25) is 0 Å². The molecule has 0 radical (unpaired) electrons. The molecule has 6 nitrogen and oxygen atoms in total. The van der Waals surface area contributed by atoms with Crippen molar-refractivity contribution in [2.24, 2.45) is 5.92 Å². The van der Waals surface area contributed by atoms with E-state index in [0.717, 1.165) is 31.9 Å². The van der Waals surface area contributed by atoms with Crippen LogP contribution >= 0.6 is 11.6 Å². The zero-order chi connectivity index (χ0) is 16.0. The van der Waals surface area contributed by atoms with E-state index in [9.17, 15) is 4.79 Å². The molecule has 2 aliphatic rings. The highest BCUT2D eigenvalue weighted by atomic mass is 35.5. The predicted molar refractivity (Wildman–Crippen MR) is 86.8 cm³/mol. The van der Waals surface area contributed by atoms with Crippen molar-refractivity contribution in [1.82, 2.24) is 19.2 Å². The van der Waals surface area contributed by atoms with E-state index < -0.39 is 0 Å². The monoisotopic (exact) mass is 334 g/mol. The average molecular weight is 335 g/mol. The van der Waals surface area contributed by atoms with Crippen LogP contribution in [0.1, 0.15) is 10.5 Å². The Kier molecular flexibility index (Phi) is 3.75. The van der Waals surface area contributed by atoms with Crippen LogP contribution in [-0.2, 0) is 4.74 Å². The van der Waals surface area contributed by atoms with Crippen LogP contribution in [0.2, 0.25) is 5.02 Å². The summed E-state index contributed by atoms with van der Waals surface area (Å²) < 4.78 is 7.70. The molecule has 1 amide bonds. The van der Waals surface area contributed by atoms with Crippen molar-refractivity contribution in [2.75, 3.05) is 39.8 Å². The molecule has 7 heteroatoms. The second-order valence-electron chi connectivity index (χ2n) is 6.38. The molecule has 2 atom stereocenters. The Morgan fingerprint density at radius 2 is 2.17 bits per heavy atom. The third kappa shape index (κ3) is 2.82. The molecule has 0 spiro atoms. The van der Waals surface area contributed by atoms with E-state index in [1.54, 1.807) is 22.9 Å². The molecule has 2 saturated heterocycles. The third-order valence-electron chi connectivity index (χ3n) is 4.65. The van der Waals surface area contributed by atoms with Crippen LogP contribution in [0.25, 0.3) is 5.65 Å². The smallest absolute Gasteiger partial charge is 0.274 e. The van der Waals surface area contributed by atoms with Gasteiger partial charge in [0.15, 0.2) is 0 Å². The van der Waals surface area contributed by atoms with Crippen molar-refractivity contribution in [3.8, 4) is 0 Å². The number of nitrogens with zero attached hydrogens (tertiary/aromatic N) is 4. The van der Waals surface area contributed by atoms with Gasteiger partial charge in [-0.3, -0.25) is 4.79 Å². The van der Waals surface area contributed by atoms with Crippen molar-refractivity contribution >= 4 is 23.2 Å². The van der Waals surface area contributed by atoms with Crippen LogP contribution in [-0.4, -0.2) is 71.0 Å². The van der Waals surface area contributed by atoms with Crippen molar-refractivity contribution in [3.05, 3.63) is 35.2 Å². The first-order valence-electron chi connectivity index (χ1n) is 7.84. The number of fused-ring (bicyclic) bond motifs is 2. The Bertz CT molecular complexity index is 747. The van der Waals surface area contributed by atoms with Gasteiger partial charge in [0.25, 0.3) is 5.91 Å². The molecule has 122 valence electrons. The number of halogens is 1. The summed E-state index contributed by atoms with van der Waals surface area (Å²) in [6.07, 6.45) is 3.63. The topological polar surface area (TPSA) is 50.1 Å². The van der Waals surface area contributed by atoms with Crippen LogP contribution in [0.4, 0.5) is 0 Å². The maximum Gasteiger partial charge on any atom is 0.274 e. The molecule has 4 heterocycles. The minimum absolute atomic E-state index is 0.0378. The lowest BCUT2D eigenvalue weighted by Crippen LogP contribution is -2.32. The first-order chi connectivity index (χ1) is 11.1. The van der Waals surface area contributed by atoms with Crippen LogP contribution < -0.4 is 0 Å². The number of carbonyl (C=O) groups excluding carboxylic acids is 1. The number of likely N-dealkylation sites (N-methyl/N-ethyl adjacent to an activating group) is 1. The van der Waals surface area contributed by atoms with E-state index in [-0.39, 0.29) is 12.0 Å². The summed E-state index contributed by atoms with van der Waals surface area (Å²) in [5.41, 5.74) is 1.18. The van der Waals surface area contributed by atoms with E-state index in [1.165, 1.54) is 0 Å². The minimum atomic E-state index is -0.0378. The summed E-state index contributed by atoms with van der Waals surface area (Å²) in [7, 11) is 2.10. The average Bonchev–Trinajstić information content (AvgIpc) is 3.06. The number of rotatable bonds is 1. The number of carbonyl (C=O) groups is 1. The Balaban J connectivity index is 1.54. The van der Waals surface area contributed by atoms with Crippen molar-refractivity contribution in [3.63, 3.8) is 0 Å². The summed E-state index contributed by atoms with van der Waals surface area (Å²) in [5, 5.41) is 0.619. The van der Waals surface area contributed by atoms with Gasteiger partial charge in [-0.2, -0.15) is 0 Å². The van der Waals surface area contributed by atoms with Gasteiger partial charge in [-0.25, -0.2) is 4.98 Å². The molecule has 0 N–H and O–H groups in total. The zero-order valence-corrected chi connectivity index (χ0v) is 13.7. The summed E-state index contributed by atoms with van der Waals surface area (Å²) in [6.45, 7) is 4.02. The van der Waals surface area contributed by atoms with Gasteiger partial charge in [0.05, 0.1) is 17.7 Å². The largest absolute Gasteiger partial charge is 0.375 e. The number of amides is 1. The van der Waals surface area contributed by atoms with Crippen molar-refractivity contribution in [2.45, 2.75) is 6.10 Å². The fourth-order valence-electron chi connectivity index (χ4n) is 3.45. The molecule has 2 aliphatic heterocycles. The van der Waals surface area contributed by atoms with E-state index in [2.05, 4.69) is 16.9 Å². The maximum atomic E-state index is 12.8. The predicted octanol–water partition coefficient (Wildman–Crippen LogP) is 1.39. The molecule has 2 fully saturated rings. The van der Waals surface area contributed by atoms with Crippen LogP contribution in [0.15, 0.2) is 24.5 Å². The second kappa shape index (κ2) is 5.78. The number of likely N-dealkylation sites (tertiary alicyclic amines) is 1. The van der Waals surface area contributed by atoms with Gasteiger partial charge < -0.3 is 18.9 Å². The number of pyridine rings is 1. The lowest BCUT2D eigenvalue weighted by Gasteiger charge is -2.18. The standard InChI is InChI=1S/C16H19ClN4O2/c1-19-4-5-23-14-10-21(7-11(14)6-19)16(22)13-9-20-8-12(17)2-3-15(20)18-13/h2-3,8-9,11,14H,4-7,10H2,1H3/t11-,14+/m0/s1. The fourth-order valence-corrected chi connectivity index (χ4v) is 3.62. The van der Waals surface area contributed by atoms with E-state index in [0.29, 0.717) is 23.2 Å². The maximum absolute atomic E-state index is 12.8. The van der Waals surface area contributed by atoms with Gasteiger partial charge in [0.1, 0.15) is 11.3 Å². The van der Waals surface area contributed by atoms with E-state index in [1.807, 2.05) is 11.0 Å². The summed E-state index contributed by atoms with van der Waals surface area (Å²) >= 11 is 5.98. The molecule has 0 aromatic carbocycles. The molecule has 23 heavy (non-hydrogen) atoms. The molecule has 0 saturated carbocycles. The normalized spacial score (nSPS) is 25.6. The van der Waals surface area contributed by atoms with Gasteiger partial charge >= 0.3 is 0 Å². The van der Waals surface area contributed by atoms with Gasteiger partial charge in [-0.05, 0) is 19.2 Å². The third-order valence-corrected chi connectivity index (χ3v) is 4.88. The first-order valence-corrected chi connectivity index (χ1v) is 8.21. The Hall–Kier alpha value is -1.63. The highest BCUT2D eigenvalue weighted by molar-refractivity contribution is 6.30. The second-order valence-corrected chi connectivity index (χ2v) is 6.82. The Morgan fingerprint density at radius 3 is 3.04 bits per heavy atom. The summed E-state index contributed by atoms with van der Waals surface area (Å²) in [5.74, 6) is 0.335. The highest BCUT2D eigenvalue weighted by Gasteiger charge is 2.38. The number of ether oxygens (including phenoxy) is 1. The molecular formula is C16H19ClN4O2. The SMILES string of the molecule is CN1CCO[C@@H]2CN(C(=O)c3cn4cc(Cl)ccc4n3)C[C@@H]2C1. The zero-order valence-electron chi connectivity index (χ0n) is 13.0. The Morgan fingerprint density at radius 1 is 1.30 bits per heavy atom. The van der Waals surface area contributed by atoms with Crippen LogP contribution in [0.5, 0.6) is 0 Å². The van der Waals surface area contributed by atoms with Crippen LogP contribution in [0.3, 0.4) is 0 Å². The quantitative estimate of drug-likeness (QED) is 0.791. The number of aromatic nitrogens is 2. The molecule has 0 aliphatic carbocycles. The first kappa shape index (κ1) is 14.9. The Labute approximate surface area is 139 Å². The van der Waals surface area contributed by atoms with Gasteiger partial charge in [0, 0.05) is 44.5 Å².